The van der Waals surface area contributed by atoms with Crippen molar-refractivity contribution < 1.29 is 4.39 Å². The normalized spacial score (nSPS) is 10.3. The molecule has 2 heterocycles. The summed E-state index contributed by atoms with van der Waals surface area (Å²) in [6, 6.07) is 10.5. The average molecular weight is 379 g/mol. The molecular weight excluding hydrogens is 363 g/mol. The number of thiazole rings is 1. The number of hydrogen-bond acceptors (Lipinski definition) is 3. The van der Waals surface area contributed by atoms with Crippen LogP contribution in [0.1, 0.15) is 19.0 Å². The van der Waals surface area contributed by atoms with E-state index in [0.29, 0.717) is 0 Å². The molecule has 0 radical (unpaired) electrons. The smallest absolute Gasteiger partial charge is 0.124 e. The topological polar surface area (TPSA) is 25.8 Å². The molecule has 114 valence electrons. The first-order valence-electron chi connectivity index (χ1n) is 6.93. The molecule has 0 saturated heterocycles. The van der Waals surface area contributed by atoms with Crippen LogP contribution in [0, 0.1) is 5.82 Å². The quantitative estimate of drug-likeness (QED) is 0.595. The van der Waals surface area contributed by atoms with E-state index in [2.05, 4.69) is 23.0 Å². The predicted molar refractivity (Wildman–Crippen MR) is 95.1 cm³/mol. The number of benzene rings is 1. The maximum Gasteiger partial charge on any atom is 0.124 e. The number of rotatable bonds is 4. The second-order valence-electron chi connectivity index (χ2n) is 4.83. The van der Waals surface area contributed by atoms with Crippen LogP contribution in [0.25, 0.3) is 21.8 Å². The summed E-state index contributed by atoms with van der Waals surface area (Å²) in [5.41, 5.74) is 3.99. The lowest BCUT2D eigenvalue weighted by Gasteiger charge is -2.00. The molecule has 2 nitrogen and oxygen atoms in total. The molecule has 0 fully saturated rings. The minimum absolute atomic E-state index is 0. The summed E-state index contributed by atoms with van der Waals surface area (Å²) in [4.78, 5) is 9.01. The van der Waals surface area contributed by atoms with Crippen LogP contribution in [-0.4, -0.2) is 9.97 Å². The van der Waals surface area contributed by atoms with E-state index >= 15 is 0 Å². The lowest BCUT2D eigenvalue weighted by molar-refractivity contribution is 0.628. The van der Waals surface area contributed by atoms with E-state index in [0.717, 1.165) is 40.4 Å². The van der Waals surface area contributed by atoms with Crippen LogP contribution in [0.3, 0.4) is 0 Å². The van der Waals surface area contributed by atoms with Gasteiger partial charge in [0, 0.05) is 28.4 Å². The van der Waals surface area contributed by atoms with E-state index in [1.165, 1.54) is 12.1 Å². The van der Waals surface area contributed by atoms with Crippen LogP contribution >= 0.6 is 28.3 Å². The molecule has 0 aliphatic heterocycles. The van der Waals surface area contributed by atoms with Crippen molar-refractivity contribution in [1.29, 1.82) is 0 Å². The van der Waals surface area contributed by atoms with Crippen molar-refractivity contribution in [2.45, 2.75) is 19.8 Å². The van der Waals surface area contributed by atoms with Gasteiger partial charge in [0.15, 0.2) is 0 Å². The third-order valence-corrected chi connectivity index (χ3v) is 4.11. The number of nitrogens with zero attached hydrogens (tertiary/aromatic N) is 2. The van der Waals surface area contributed by atoms with Crippen molar-refractivity contribution in [2.24, 2.45) is 0 Å². The van der Waals surface area contributed by atoms with Crippen LogP contribution in [0.5, 0.6) is 0 Å². The van der Waals surface area contributed by atoms with Gasteiger partial charge in [-0.25, -0.2) is 9.37 Å². The Morgan fingerprint density at radius 1 is 1.09 bits per heavy atom. The van der Waals surface area contributed by atoms with Gasteiger partial charge in [0.25, 0.3) is 0 Å². The van der Waals surface area contributed by atoms with Crippen molar-refractivity contribution >= 4 is 28.3 Å². The van der Waals surface area contributed by atoms with E-state index in [1.807, 2.05) is 17.6 Å². The fraction of sp³-hybridized carbons (Fsp3) is 0.176. The van der Waals surface area contributed by atoms with E-state index in [-0.39, 0.29) is 22.8 Å². The van der Waals surface area contributed by atoms with Gasteiger partial charge in [-0.2, -0.15) is 0 Å². The van der Waals surface area contributed by atoms with Crippen molar-refractivity contribution in [1.82, 2.24) is 9.97 Å². The third-order valence-electron chi connectivity index (χ3n) is 3.21. The molecule has 5 heteroatoms. The SMILES string of the molecule is Br.CCCc1cc(-c2nc(-c3ccc(F)cc3)cs2)ccn1. The molecule has 0 atom stereocenters. The van der Waals surface area contributed by atoms with Gasteiger partial charge < -0.3 is 0 Å². The number of pyridine rings is 1. The Labute approximate surface area is 143 Å². The van der Waals surface area contributed by atoms with Gasteiger partial charge in [0.1, 0.15) is 10.8 Å². The molecule has 0 bridgehead atoms. The highest BCUT2D eigenvalue weighted by Gasteiger charge is 2.07. The summed E-state index contributed by atoms with van der Waals surface area (Å²) in [5.74, 6) is -0.229. The number of hydrogen-bond donors (Lipinski definition) is 0. The maximum atomic E-state index is 13.0. The van der Waals surface area contributed by atoms with E-state index in [4.69, 9.17) is 0 Å². The predicted octanol–water partition coefficient (Wildman–Crippen LogP) is 5.54. The molecule has 0 amide bonds. The second-order valence-corrected chi connectivity index (χ2v) is 5.69. The molecule has 1 aromatic carbocycles. The first-order chi connectivity index (χ1) is 10.3. The van der Waals surface area contributed by atoms with Gasteiger partial charge >= 0.3 is 0 Å². The van der Waals surface area contributed by atoms with E-state index in [9.17, 15) is 4.39 Å². The number of aryl methyl sites for hydroxylation is 1. The first-order valence-corrected chi connectivity index (χ1v) is 7.81. The van der Waals surface area contributed by atoms with Crippen LogP contribution < -0.4 is 0 Å². The molecule has 2 aromatic heterocycles. The standard InChI is InChI=1S/C17H15FN2S.BrH/c1-2-3-15-10-13(8-9-19-15)17-20-16(11-21-17)12-4-6-14(18)7-5-12;/h4-11H,2-3H2,1H3;1H. The molecule has 0 N–H and O–H groups in total. The highest BCUT2D eigenvalue weighted by molar-refractivity contribution is 8.93. The Kier molecular flexibility index (Phi) is 5.80. The van der Waals surface area contributed by atoms with Crippen molar-refractivity contribution in [3.8, 4) is 21.8 Å². The lowest BCUT2D eigenvalue weighted by atomic mass is 10.1. The van der Waals surface area contributed by atoms with Crippen LogP contribution in [0.2, 0.25) is 0 Å². The monoisotopic (exact) mass is 378 g/mol. The highest BCUT2D eigenvalue weighted by Crippen LogP contribution is 2.29. The van der Waals surface area contributed by atoms with Crippen LogP contribution in [0.4, 0.5) is 4.39 Å². The van der Waals surface area contributed by atoms with Gasteiger partial charge in [-0.1, -0.05) is 13.3 Å². The zero-order chi connectivity index (χ0) is 14.7. The summed E-state index contributed by atoms with van der Waals surface area (Å²) < 4.78 is 13.0. The summed E-state index contributed by atoms with van der Waals surface area (Å²) in [6.45, 7) is 2.14. The Morgan fingerprint density at radius 2 is 1.86 bits per heavy atom. The minimum Gasteiger partial charge on any atom is -0.261 e. The zero-order valence-corrected chi connectivity index (χ0v) is 14.7. The van der Waals surface area contributed by atoms with Crippen molar-refractivity contribution in [2.75, 3.05) is 0 Å². The summed E-state index contributed by atoms with van der Waals surface area (Å²) in [5, 5.41) is 2.97. The van der Waals surface area contributed by atoms with Gasteiger partial charge in [-0.15, -0.1) is 28.3 Å². The summed E-state index contributed by atoms with van der Waals surface area (Å²) in [7, 11) is 0. The molecule has 3 aromatic rings. The zero-order valence-electron chi connectivity index (χ0n) is 12.1. The Hall–Kier alpha value is -1.59. The lowest BCUT2D eigenvalue weighted by Crippen LogP contribution is -1.89. The number of aromatic nitrogens is 2. The third kappa shape index (κ3) is 3.78. The highest BCUT2D eigenvalue weighted by atomic mass is 79.9. The fourth-order valence-corrected chi connectivity index (χ4v) is 2.99. The largest absolute Gasteiger partial charge is 0.261 e. The van der Waals surface area contributed by atoms with Crippen molar-refractivity contribution in [3.63, 3.8) is 0 Å². The molecule has 0 aliphatic carbocycles. The molecule has 0 unspecified atom stereocenters. The number of halogens is 2. The Balaban J connectivity index is 0.00000176. The molecular formula is C17H16BrFN2S. The molecule has 3 rings (SSSR count). The van der Waals surface area contributed by atoms with Crippen LogP contribution in [-0.2, 0) is 6.42 Å². The Morgan fingerprint density at radius 3 is 2.59 bits per heavy atom. The van der Waals surface area contributed by atoms with Gasteiger partial charge in [-0.05, 0) is 42.8 Å². The molecule has 0 aliphatic rings. The van der Waals surface area contributed by atoms with E-state index in [1.54, 1.807) is 23.5 Å². The maximum absolute atomic E-state index is 13.0. The first kappa shape index (κ1) is 16.8. The summed E-state index contributed by atoms with van der Waals surface area (Å²) in [6.07, 6.45) is 3.89. The molecule has 0 saturated carbocycles. The van der Waals surface area contributed by atoms with Crippen molar-refractivity contribution in [3.05, 3.63) is 59.5 Å². The van der Waals surface area contributed by atoms with E-state index < -0.39 is 0 Å². The molecule has 0 spiro atoms. The Bertz CT molecular complexity index is 740. The minimum atomic E-state index is -0.229. The van der Waals surface area contributed by atoms with Crippen LogP contribution in [0.15, 0.2) is 48.0 Å². The second kappa shape index (κ2) is 7.61. The van der Waals surface area contributed by atoms with Gasteiger partial charge in [0.2, 0.25) is 0 Å². The van der Waals surface area contributed by atoms with Gasteiger partial charge in [0.05, 0.1) is 5.69 Å². The van der Waals surface area contributed by atoms with Gasteiger partial charge in [-0.3, -0.25) is 4.98 Å². The molecule has 22 heavy (non-hydrogen) atoms. The fourth-order valence-electron chi connectivity index (χ4n) is 2.16. The average Bonchev–Trinajstić information content (AvgIpc) is 2.98. The summed E-state index contributed by atoms with van der Waals surface area (Å²) >= 11 is 1.60.